The second-order valence-corrected chi connectivity index (χ2v) is 7.84. The molecule has 0 radical (unpaired) electrons. The fourth-order valence-corrected chi connectivity index (χ4v) is 3.60. The minimum atomic E-state index is -3.59. The van der Waals surface area contributed by atoms with Crippen LogP contribution >= 0.6 is 0 Å². The van der Waals surface area contributed by atoms with Crippen molar-refractivity contribution in [2.24, 2.45) is 0 Å². The third-order valence-electron chi connectivity index (χ3n) is 3.90. The van der Waals surface area contributed by atoms with Gasteiger partial charge in [0.25, 0.3) is 5.91 Å². The summed E-state index contributed by atoms with van der Waals surface area (Å²) in [5.74, 6) is 0.0240. The molecule has 0 spiro atoms. The van der Waals surface area contributed by atoms with Crippen LogP contribution in [0.1, 0.15) is 10.4 Å². The van der Waals surface area contributed by atoms with Crippen LogP contribution in [0.2, 0.25) is 0 Å². The molecule has 0 fully saturated rings. The van der Waals surface area contributed by atoms with Crippen LogP contribution in [0.4, 0.5) is 10.1 Å². The summed E-state index contributed by atoms with van der Waals surface area (Å²) >= 11 is 0. The Bertz CT molecular complexity index is 949. The lowest BCUT2D eigenvalue weighted by atomic mass is 10.2. The van der Waals surface area contributed by atoms with Crippen molar-refractivity contribution in [2.75, 3.05) is 36.9 Å². The van der Waals surface area contributed by atoms with Crippen molar-refractivity contribution < 1.29 is 27.1 Å². The molecule has 0 unspecified atom stereocenters. The van der Waals surface area contributed by atoms with E-state index in [1.54, 1.807) is 18.2 Å². The predicted octanol–water partition coefficient (Wildman–Crippen LogP) is 1.79. The highest BCUT2D eigenvalue weighted by atomic mass is 32.2. The van der Waals surface area contributed by atoms with Crippen LogP contribution in [0.15, 0.2) is 42.5 Å². The highest BCUT2D eigenvalue weighted by Crippen LogP contribution is 2.34. The number of nitrogens with one attached hydrogen (secondary N) is 1. The predicted molar refractivity (Wildman–Crippen MR) is 98.4 cm³/mol. The molecule has 1 heterocycles. The Morgan fingerprint density at radius 2 is 1.89 bits per heavy atom. The van der Waals surface area contributed by atoms with Gasteiger partial charge >= 0.3 is 0 Å². The van der Waals surface area contributed by atoms with Crippen molar-refractivity contribution >= 4 is 21.6 Å². The molecule has 1 aliphatic rings. The molecule has 0 aliphatic carbocycles. The molecule has 0 saturated heterocycles. The monoisotopic (exact) mass is 394 g/mol. The zero-order chi connectivity index (χ0) is 19.4. The van der Waals surface area contributed by atoms with E-state index in [0.29, 0.717) is 30.4 Å². The van der Waals surface area contributed by atoms with Crippen molar-refractivity contribution in [1.82, 2.24) is 5.32 Å². The molecule has 0 aromatic heterocycles. The Morgan fingerprint density at radius 3 is 2.59 bits per heavy atom. The Labute approximate surface area is 156 Å². The SMILES string of the molecule is CS(=O)(=O)N(CCNC(=O)c1cccc(F)c1)c1ccc2c(c1)OCCO2. The number of hydrogen-bond donors (Lipinski definition) is 1. The number of carbonyl (C=O) groups is 1. The van der Waals surface area contributed by atoms with Gasteiger partial charge in [-0.1, -0.05) is 6.07 Å². The molecule has 7 nitrogen and oxygen atoms in total. The molecule has 9 heteroatoms. The van der Waals surface area contributed by atoms with Crippen LogP contribution in [-0.4, -0.2) is 46.9 Å². The summed E-state index contributed by atoms with van der Waals surface area (Å²) in [6, 6.07) is 10.1. The van der Waals surface area contributed by atoms with Gasteiger partial charge in [-0.2, -0.15) is 0 Å². The molecule has 2 aromatic carbocycles. The van der Waals surface area contributed by atoms with Crippen LogP contribution in [0, 0.1) is 5.82 Å². The first kappa shape index (κ1) is 19.0. The first-order chi connectivity index (χ1) is 12.8. The number of rotatable bonds is 6. The van der Waals surface area contributed by atoms with E-state index in [0.717, 1.165) is 16.6 Å². The maximum Gasteiger partial charge on any atom is 0.251 e. The third-order valence-corrected chi connectivity index (χ3v) is 5.10. The van der Waals surface area contributed by atoms with Gasteiger partial charge in [0, 0.05) is 18.2 Å². The standard InChI is InChI=1S/C18H19FN2O5S/c1-27(23,24)21(15-5-6-16-17(12-15)26-10-9-25-16)8-7-20-18(22)13-3-2-4-14(19)11-13/h2-6,11-12H,7-10H2,1H3,(H,20,22). The van der Waals surface area contributed by atoms with Gasteiger partial charge < -0.3 is 14.8 Å². The van der Waals surface area contributed by atoms with Crippen molar-refractivity contribution in [3.8, 4) is 11.5 Å². The molecular weight excluding hydrogens is 375 g/mol. The van der Waals surface area contributed by atoms with E-state index in [9.17, 15) is 17.6 Å². The molecule has 27 heavy (non-hydrogen) atoms. The maximum absolute atomic E-state index is 13.2. The fraction of sp³-hybridized carbons (Fsp3) is 0.278. The van der Waals surface area contributed by atoms with Crippen molar-refractivity contribution in [1.29, 1.82) is 0 Å². The third kappa shape index (κ3) is 4.68. The molecule has 3 rings (SSSR count). The number of carbonyl (C=O) groups excluding carboxylic acids is 1. The Balaban J connectivity index is 1.70. The summed E-state index contributed by atoms with van der Waals surface area (Å²) in [6.45, 7) is 0.893. The molecule has 2 aromatic rings. The highest BCUT2D eigenvalue weighted by molar-refractivity contribution is 7.92. The first-order valence-corrected chi connectivity index (χ1v) is 10.1. The number of fused-ring (bicyclic) bond motifs is 1. The van der Waals surface area contributed by atoms with Crippen LogP contribution in [0.5, 0.6) is 11.5 Å². The van der Waals surface area contributed by atoms with E-state index in [1.807, 2.05) is 0 Å². The van der Waals surface area contributed by atoms with Crippen LogP contribution in [0.25, 0.3) is 0 Å². The number of amides is 1. The number of nitrogens with zero attached hydrogens (tertiary/aromatic N) is 1. The van der Waals surface area contributed by atoms with Crippen LogP contribution in [-0.2, 0) is 10.0 Å². The van der Waals surface area contributed by atoms with Gasteiger partial charge in [0.05, 0.1) is 18.5 Å². The molecule has 1 aliphatic heterocycles. The van der Waals surface area contributed by atoms with E-state index in [-0.39, 0.29) is 18.7 Å². The van der Waals surface area contributed by atoms with Gasteiger partial charge in [-0.15, -0.1) is 0 Å². The maximum atomic E-state index is 13.2. The number of sulfonamides is 1. The number of halogens is 1. The number of anilines is 1. The average Bonchev–Trinajstić information content (AvgIpc) is 2.63. The summed E-state index contributed by atoms with van der Waals surface area (Å²) in [4.78, 5) is 12.1. The van der Waals surface area contributed by atoms with Gasteiger partial charge in [-0.25, -0.2) is 12.8 Å². The highest BCUT2D eigenvalue weighted by Gasteiger charge is 2.21. The number of benzene rings is 2. The van der Waals surface area contributed by atoms with Crippen molar-refractivity contribution in [3.63, 3.8) is 0 Å². The van der Waals surface area contributed by atoms with Gasteiger partial charge in [0.1, 0.15) is 19.0 Å². The normalized spacial score (nSPS) is 13.1. The molecule has 1 N–H and O–H groups in total. The second-order valence-electron chi connectivity index (χ2n) is 5.93. The summed E-state index contributed by atoms with van der Waals surface area (Å²) in [5.41, 5.74) is 0.571. The Morgan fingerprint density at radius 1 is 1.15 bits per heavy atom. The second kappa shape index (κ2) is 7.83. The zero-order valence-electron chi connectivity index (χ0n) is 14.6. The van der Waals surface area contributed by atoms with E-state index >= 15 is 0 Å². The molecule has 0 atom stereocenters. The summed E-state index contributed by atoms with van der Waals surface area (Å²) in [5, 5.41) is 2.59. The zero-order valence-corrected chi connectivity index (χ0v) is 15.5. The van der Waals surface area contributed by atoms with E-state index in [1.165, 1.54) is 18.2 Å². The molecule has 1 amide bonds. The number of hydrogen-bond acceptors (Lipinski definition) is 5. The molecule has 0 saturated carbocycles. The largest absolute Gasteiger partial charge is 0.486 e. The summed E-state index contributed by atoms with van der Waals surface area (Å²) in [7, 11) is -3.59. The summed E-state index contributed by atoms with van der Waals surface area (Å²) < 4.78 is 49.7. The Kier molecular flexibility index (Phi) is 5.50. The Hall–Kier alpha value is -2.81. The smallest absolute Gasteiger partial charge is 0.251 e. The lowest BCUT2D eigenvalue weighted by Crippen LogP contribution is -2.38. The van der Waals surface area contributed by atoms with Gasteiger partial charge in [-0.05, 0) is 30.3 Å². The van der Waals surface area contributed by atoms with Gasteiger partial charge in [-0.3, -0.25) is 9.10 Å². The van der Waals surface area contributed by atoms with E-state index in [2.05, 4.69) is 5.32 Å². The first-order valence-electron chi connectivity index (χ1n) is 8.26. The van der Waals surface area contributed by atoms with Gasteiger partial charge in [0.2, 0.25) is 10.0 Å². The van der Waals surface area contributed by atoms with Crippen molar-refractivity contribution in [3.05, 3.63) is 53.8 Å². The molecule has 144 valence electrons. The fourth-order valence-electron chi connectivity index (χ4n) is 2.68. The molecular formula is C18H19FN2O5S. The van der Waals surface area contributed by atoms with Crippen LogP contribution < -0.4 is 19.1 Å². The van der Waals surface area contributed by atoms with Gasteiger partial charge in [0.15, 0.2) is 11.5 Å². The lowest BCUT2D eigenvalue weighted by Gasteiger charge is -2.25. The lowest BCUT2D eigenvalue weighted by molar-refractivity contribution is 0.0954. The van der Waals surface area contributed by atoms with Crippen molar-refractivity contribution in [2.45, 2.75) is 0 Å². The minimum absolute atomic E-state index is 0.0134. The average molecular weight is 394 g/mol. The quantitative estimate of drug-likeness (QED) is 0.808. The van der Waals surface area contributed by atoms with E-state index < -0.39 is 21.7 Å². The summed E-state index contributed by atoms with van der Waals surface area (Å²) in [6.07, 6.45) is 1.08. The van der Waals surface area contributed by atoms with Crippen LogP contribution in [0.3, 0.4) is 0 Å². The topological polar surface area (TPSA) is 84.9 Å². The molecule has 0 bridgehead atoms. The number of ether oxygens (including phenoxy) is 2. The van der Waals surface area contributed by atoms with E-state index in [4.69, 9.17) is 9.47 Å². The minimum Gasteiger partial charge on any atom is -0.486 e.